The predicted molar refractivity (Wildman–Crippen MR) is 73.7 cm³/mol. The summed E-state index contributed by atoms with van der Waals surface area (Å²) in [6, 6.07) is 4.07. The van der Waals surface area contributed by atoms with E-state index in [1.54, 1.807) is 0 Å². The molecule has 0 saturated carbocycles. The number of nitrogens with zero attached hydrogens (tertiary/aromatic N) is 4. The molecule has 0 amide bonds. The van der Waals surface area contributed by atoms with Crippen molar-refractivity contribution in [3.63, 3.8) is 0 Å². The van der Waals surface area contributed by atoms with Crippen molar-refractivity contribution in [3.05, 3.63) is 36.3 Å². The lowest BCUT2D eigenvalue weighted by Crippen LogP contribution is -2.16. The molecule has 0 aromatic carbocycles. The lowest BCUT2D eigenvalue weighted by Gasteiger charge is -2.19. The first-order valence-electron chi connectivity index (χ1n) is 6.07. The number of aromatic nitrogens is 3. The number of nitrogens with one attached hydrogen (secondary N) is 1. The predicted octanol–water partition coefficient (Wildman–Crippen LogP) is 1.88. The van der Waals surface area contributed by atoms with Crippen LogP contribution < -0.4 is 10.2 Å². The summed E-state index contributed by atoms with van der Waals surface area (Å²) in [4.78, 5) is 6.45. The van der Waals surface area contributed by atoms with Gasteiger partial charge in [0.1, 0.15) is 5.82 Å². The maximum absolute atomic E-state index is 4.27. The van der Waals surface area contributed by atoms with E-state index >= 15 is 0 Å². The van der Waals surface area contributed by atoms with Gasteiger partial charge in [0.05, 0.1) is 6.20 Å². The van der Waals surface area contributed by atoms with Crippen LogP contribution in [0.25, 0.3) is 0 Å². The normalized spacial score (nSPS) is 10.4. The van der Waals surface area contributed by atoms with Crippen LogP contribution in [0.1, 0.15) is 12.5 Å². The average Bonchev–Trinajstić information content (AvgIpc) is 2.75. The molecule has 5 nitrogen and oxygen atoms in total. The Kier molecular flexibility index (Phi) is 3.82. The Morgan fingerprint density at radius 2 is 2.28 bits per heavy atom. The van der Waals surface area contributed by atoms with Crippen molar-refractivity contribution in [2.45, 2.75) is 13.5 Å². The van der Waals surface area contributed by atoms with Gasteiger partial charge in [-0.25, -0.2) is 4.98 Å². The van der Waals surface area contributed by atoms with Crippen LogP contribution in [0.15, 0.2) is 30.7 Å². The van der Waals surface area contributed by atoms with Gasteiger partial charge in [-0.1, -0.05) is 0 Å². The molecule has 18 heavy (non-hydrogen) atoms. The van der Waals surface area contributed by atoms with Gasteiger partial charge in [0.15, 0.2) is 0 Å². The highest BCUT2D eigenvalue weighted by Gasteiger charge is 2.05. The van der Waals surface area contributed by atoms with E-state index in [9.17, 15) is 0 Å². The summed E-state index contributed by atoms with van der Waals surface area (Å²) in [5, 5.41) is 7.39. The molecule has 0 spiro atoms. The molecule has 0 atom stereocenters. The molecule has 0 aliphatic rings. The van der Waals surface area contributed by atoms with Crippen LogP contribution in [0.3, 0.4) is 0 Å². The topological polar surface area (TPSA) is 46.0 Å². The lowest BCUT2D eigenvalue weighted by molar-refractivity contribution is 0.766. The zero-order chi connectivity index (χ0) is 13.0. The van der Waals surface area contributed by atoms with Gasteiger partial charge in [-0.15, -0.1) is 0 Å². The van der Waals surface area contributed by atoms with Crippen LogP contribution in [0.2, 0.25) is 0 Å². The number of hydrogen-bond donors (Lipinski definition) is 1. The van der Waals surface area contributed by atoms with Crippen molar-refractivity contribution in [2.24, 2.45) is 7.05 Å². The zero-order valence-electron chi connectivity index (χ0n) is 11.1. The Morgan fingerprint density at radius 1 is 1.44 bits per heavy atom. The minimum Gasteiger partial charge on any atom is -0.370 e. The molecule has 2 rings (SSSR count). The quantitative estimate of drug-likeness (QED) is 0.873. The van der Waals surface area contributed by atoms with Crippen LogP contribution >= 0.6 is 0 Å². The van der Waals surface area contributed by atoms with E-state index in [0.29, 0.717) is 0 Å². The first kappa shape index (κ1) is 12.4. The van der Waals surface area contributed by atoms with Gasteiger partial charge in [-0.2, -0.15) is 5.10 Å². The molecular formula is C13H19N5. The van der Waals surface area contributed by atoms with Gasteiger partial charge in [0, 0.05) is 56.9 Å². The minimum absolute atomic E-state index is 0.837. The standard InChI is InChI=1S/C13H19N5/c1-4-14-13-7-12(5-6-15-13)17(2)9-11-8-16-18(3)10-11/h5-8,10H,4,9H2,1-3H3,(H,14,15). The van der Waals surface area contributed by atoms with E-state index in [2.05, 4.69) is 40.3 Å². The highest BCUT2D eigenvalue weighted by atomic mass is 15.2. The first-order chi connectivity index (χ1) is 8.69. The molecule has 2 heterocycles. The SMILES string of the molecule is CCNc1cc(N(C)Cc2cnn(C)c2)ccn1. The Bertz CT molecular complexity index is 506. The summed E-state index contributed by atoms with van der Waals surface area (Å²) >= 11 is 0. The summed E-state index contributed by atoms with van der Waals surface area (Å²) in [7, 11) is 4.00. The van der Waals surface area contributed by atoms with Gasteiger partial charge in [-0.3, -0.25) is 4.68 Å². The molecule has 0 bridgehead atoms. The maximum atomic E-state index is 4.27. The van der Waals surface area contributed by atoms with Crippen molar-refractivity contribution >= 4 is 11.5 Å². The Hall–Kier alpha value is -2.04. The molecule has 0 radical (unpaired) electrons. The van der Waals surface area contributed by atoms with E-state index < -0.39 is 0 Å². The van der Waals surface area contributed by atoms with Gasteiger partial charge in [0.2, 0.25) is 0 Å². The molecular weight excluding hydrogens is 226 g/mol. The van der Waals surface area contributed by atoms with Crippen LogP contribution in [-0.2, 0) is 13.6 Å². The summed E-state index contributed by atoms with van der Waals surface area (Å²) in [6.45, 7) is 3.78. The van der Waals surface area contributed by atoms with Crippen molar-refractivity contribution in [1.29, 1.82) is 0 Å². The molecule has 1 N–H and O–H groups in total. The van der Waals surface area contributed by atoms with Crippen molar-refractivity contribution < 1.29 is 0 Å². The fourth-order valence-electron chi connectivity index (χ4n) is 1.85. The highest BCUT2D eigenvalue weighted by Crippen LogP contribution is 2.17. The number of rotatable bonds is 5. The molecule has 96 valence electrons. The van der Waals surface area contributed by atoms with Crippen LogP contribution in [-0.4, -0.2) is 28.4 Å². The largest absolute Gasteiger partial charge is 0.370 e. The summed E-state index contributed by atoms with van der Waals surface area (Å²) in [5.74, 6) is 0.910. The number of pyridine rings is 1. The Labute approximate surface area is 107 Å². The van der Waals surface area contributed by atoms with Crippen LogP contribution in [0.4, 0.5) is 11.5 Å². The molecule has 2 aromatic rings. The van der Waals surface area contributed by atoms with Crippen LogP contribution in [0.5, 0.6) is 0 Å². The highest BCUT2D eigenvalue weighted by molar-refractivity contribution is 5.53. The maximum Gasteiger partial charge on any atom is 0.127 e. The minimum atomic E-state index is 0.837. The van der Waals surface area contributed by atoms with Crippen molar-refractivity contribution in [1.82, 2.24) is 14.8 Å². The van der Waals surface area contributed by atoms with Crippen molar-refractivity contribution in [3.8, 4) is 0 Å². The Balaban J connectivity index is 2.08. The third-order valence-corrected chi connectivity index (χ3v) is 2.72. The van der Waals surface area contributed by atoms with E-state index in [1.807, 2.05) is 36.4 Å². The van der Waals surface area contributed by atoms with E-state index in [0.717, 1.165) is 24.6 Å². The Morgan fingerprint density at radius 3 is 2.94 bits per heavy atom. The number of hydrogen-bond acceptors (Lipinski definition) is 4. The third kappa shape index (κ3) is 3.00. The zero-order valence-corrected chi connectivity index (χ0v) is 11.1. The molecule has 0 aliphatic carbocycles. The molecule has 0 saturated heterocycles. The third-order valence-electron chi connectivity index (χ3n) is 2.72. The van der Waals surface area contributed by atoms with Crippen LogP contribution in [0, 0.1) is 0 Å². The summed E-state index contributed by atoms with van der Waals surface area (Å²) in [6.07, 6.45) is 5.75. The van der Waals surface area contributed by atoms with Crippen molar-refractivity contribution in [2.75, 3.05) is 23.8 Å². The molecule has 5 heteroatoms. The number of aryl methyl sites for hydroxylation is 1. The van der Waals surface area contributed by atoms with E-state index in [-0.39, 0.29) is 0 Å². The van der Waals surface area contributed by atoms with Gasteiger partial charge < -0.3 is 10.2 Å². The molecule has 0 unspecified atom stereocenters. The van der Waals surface area contributed by atoms with Gasteiger partial charge in [-0.05, 0) is 13.0 Å². The second-order valence-corrected chi connectivity index (χ2v) is 4.31. The van der Waals surface area contributed by atoms with E-state index in [4.69, 9.17) is 0 Å². The van der Waals surface area contributed by atoms with Gasteiger partial charge in [0.25, 0.3) is 0 Å². The second-order valence-electron chi connectivity index (χ2n) is 4.31. The van der Waals surface area contributed by atoms with Gasteiger partial charge >= 0.3 is 0 Å². The fraction of sp³-hybridized carbons (Fsp3) is 0.385. The summed E-state index contributed by atoms with van der Waals surface area (Å²) in [5.41, 5.74) is 2.34. The second kappa shape index (κ2) is 5.53. The molecule has 2 aromatic heterocycles. The fourth-order valence-corrected chi connectivity index (χ4v) is 1.85. The number of anilines is 2. The smallest absolute Gasteiger partial charge is 0.127 e. The lowest BCUT2D eigenvalue weighted by atomic mass is 10.3. The van der Waals surface area contributed by atoms with E-state index in [1.165, 1.54) is 5.56 Å². The monoisotopic (exact) mass is 245 g/mol. The molecule has 0 fully saturated rings. The first-order valence-corrected chi connectivity index (χ1v) is 6.07. The average molecular weight is 245 g/mol. The summed E-state index contributed by atoms with van der Waals surface area (Å²) < 4.78 is 1.82. The molecule has 0 aliphatic heterocycles.